The lowest BCUT2D eigenvalue weighted by Gasteiger charge is -2.12. The molecular weight excluding hydrogens is 200 g/mol. The molecule has 1 N–H and O–H groups in total. The van der Waals surface area contributed by atoms with E-state index >= 15 is 0 Å². The molecule has 0 bridgehead atoms. The van der Waals surface area contributed by atoms with Crippen LogP contribution in [0.25, 0.3) is 0 Å². The topological polar surface area (TPSA) is 45.0 Å². The molecule has 0 aliphatic carbocycles. The van der Waals surface area contributed by atoms with Gasteiger partial charge in [-0.1, -0.05) is 26.3 Å². The Morgan fingerprint density at radius 3 is 3.00 bits per heavy atom. The predicted octanol–water partition coefficient (Wildman–Crippen LogP) is 3.05. The third-order valence-corrected chi connectivity index (χ3v) is 2.49. The summed E-state index contributed by atoms with van der Waals surface area (Å²) in [4.78, 5) is 0. The summed E-state index contributed by atoms with van der Waals surface area (Å²) in [5.41, 5.74) is 1.04. The van der Waals surface area contributed by atoms with Gasteiger partial charge in [0, 0.05) is 18.3 Å². The van der Waals surface area contributed by atoms with Gasteiger partial charge in [0.2, 0.25) is 0 Å². The number of ether oxygens (including phenoxy) is 1. The zero-order chi connectivity index (χ0) is 11.8. The van der Waals surface area contributed by atoms with Crippen LogP contribution in [0.2, 0.25) is 0 Å². The van der Waals surface area contributed by atoms with Crippen LogP contribution in [0.5, 0.6) is 5.75 Å². The summed E-state index contributed by atoms with van der Waals surface area (Å²) in [5.74, 6) is 1.39. The third kappa shape index (κ3) is 4.22. The van der Waals surface area contributed by atoms with E-state index in [0.29, 0.717) is 5.92 Å². The maximum atomic E-state index is 8.41. The van der Waals surface area contributed by atoms with Crippen molar-refractivity contribution in [3.63, 3.8) is 0 Å². The maximum absolute atomic E-state index is 8.41. The first-order valence-corrected chi connectivity index (χ1v) is 5.60. The van der Waals surface area contributed by atoms with Crippen molar-refractivity contribution in [3.05, 3.63) is 24.3 Å². The molecule has 3 nitrogen and oxygen atoms in total. The van der Waals surface area contributed by atoms with Gasteiger partial charge in [0.1, 0.15) is 11.8 Å². The van der Waals surface area contributed by atoms with Crippen molar-refractivity contribution in [2.24, 2.45) is 5.92 Å². The van der Waals surface area contributed by atoms with E-state index < -0.39 is 0 Å². The summed E-state index contributed by atoms with van der Waals surface area (Å²) in [5, 5.41) is 11.8. The van der Waals surface area contributed by atoms with Crippen LogP contribution in [0, 0.1) is 17.2 Å². The summed E-state index contributed by atoms with van der Waals surface area (Å²) in [6, 6.07) is 9.65. The Balaban J connectivity index is 2.50. The fourth-order valence-electron chi connectivity index (χ4n) is 1.25. The van der Waals surface area contributed by atoms with E-state index in [4.69, 9.17) is 10.00 Å². The SMILES string of the molecule is CCC(C)CNc1cccc(OCC#N)c1. The Hall–Kier alpha value is -1.69. The number of nitrogens with one attached hydrogen (secondary N) is 1. The molecule has 1 rings (SSSR count). The lowest BCUT2D eigenvalue weighted by Crippen LogP contribution is -2.10. The lowest BCUT2D eigenvalue weighted by atomic mass is 10.1. The van der Waals surface area contributed by atoms with Crippen molar-refractivity contribution in [3.8, 4) is 11.8 Å². The number of nitriles is 1. The minimum absolute atomic E-state index is 0.0921. The molecule has 0 saturated heterocycles. The molecule has 0 fully saturated rings. The van der Waals surface area contributed by atoms with Gasteiger partial charge in [-0.05, 0) is 18.1 Å². The number of anilines is 1. The Bertz CT molecular complexity index is 357. The van der Waals surface area contributed by atoms with Crippen molar-refractivity contribution in [1.82, 2.24) is 0 Å². The predicted molar refractivity (Wildman–Crippen MR) is 65.5 cm³/mol. The van der Waals surface area contributed by atoms with Gasteiger partial charge < -0.3 is 10.1 Å². The highest BCUT2D eigenvalue weighted by molar-refractivity contribution is 5.48. The molecule has 1 aromatic carbocycles. The number of benzene rings is 1. The quantitative estimate of drug-likeness (QED) is 0.798. The van der Waals surface area contributed by atoms with E-state index in [2.05, 4.69) is 19.2 Å². The van der Waals surface area contributed by atoms with Crippen molar-refractivity contribution >= 4 is 5.69 Å². The molecule has 0 saturated carbocycles. The van der Waals surface area contributed by atoms with Crippen molar-refractivity contribution in [2.75, 3.05) is 18.5 Å². The normalized spacial score (nSPS) is 11.6. The van der Waals surface area contributed by atoms with E-state index in [-0.39, 0.29) is 6.61 Å². The van der Waals surface area contributed by atoms with Crippen LogP contribution >= 0.6 is 0 Å². The second-order valence-corrected chi connectivity index (χ2v) is 3.87. The molecular formula is C13H18N2O. The summed E-state index contributed by atoms with van der Waals surface area (Å²) in [6.45, 7) is 5.44. The van der Waals surface area contributed by atoms with Gasteiger partial charge in [-0.3, -0.25) is 0 Å². The molecule has 0 spiro atoms. The molecule has 0 aliphatic rings. The first-order chi connectivity index (χ1) is 7.76. The van der Waals surface area contributed by atoms with Gasteiger partial charge in [-0.2, -0.15) is 5.26 Å². The molecule has 3 heteroatoms. The van der Waals surface area contributed by atoms with Crippen molar-refractivity contribution in [1.29, 1.82) is 5.26 Å². The van der Waals surface area contributed by atoms with Crippen molar-refractivity contribution in [2.45, 2.75) is 20.3 Å². The Morgan fingerprint density at radius 2 is 2.31 bits per heavy atom. The number of hydrogen-bond acceptors (Lipinski definition) is 3. The first-order valence-electron chi connectivity index (χ1n) is 5.60. The summed E-state index contributed by atoms with van der Waals surface area (Å²) in [7, 11) is 0. The van der Waals surface area contributed by atoms with Crippen molar-refractivity contribution < 1.29 is 4.74 Å². The largest absolute Gasteiger partial charge is 0.479 e. The van der Waals surface area contributed by atoms with E-state index in [1.54, 1.807) is 0 Å². The van der Waals surface area contributed by atoms with E-state index in [1.807, 2.05) is 30.3 Å². The average Bonchev–Trinajstić information content (AvgIpc) is 2.34. The van der Waals surface area contributed by atoms with E-state index in [9.17, 15) is 0 Å². The smallest absolute Gasteiger partial charge is 0.174 e. The van der Waals surface area contributed by atoms with E-state index in [0.717, 1.165) is 24.4 Å². The number of nitrogens with zero attached hydrogens (tertiary/aromatic N) is 1. The fraction of sp³-hybridized carbons (Fsp3) is 0.462. The summed E-state index contributed by atoms with van der Waals surface area (Å²) < 4.78 is 5.23. The highest BCUT2D eigenvalue weighted by atomic mass is 16.5. The van der Waals surface area contributed by atoms with Gasteiger partial charge in [-0.15, -0.1) is 0 Å². The van der Waals surface area contributed by atoms with E-state index in [1.165, 1.54) is 0 Å². The molecule has 0 aromatic heterocycles. The average molecular weight is 218 g/mol. The van der Waals surface area contributed by atoms with Gasteiger partial charge in [0.25, 0.3) is 0 Å². The monoisotopic (exact) mass is 218 g/mol. The minimum Gasteiger partial charge on any atom is -0.479 e. The molecule has 1 atom stereocenters. The van der Waals surface area contributed by atoms with Crippen LogP contribution in [-0.4, -0.2) is 13.2 Å². The highest BCUT2D eigenvalue weighted by Crippen LogP contribution is 2.17. The molecule has 16 heavy (non-hydrogen) atoms. The standard InChI is InChI=1S/C13H18N2O/c1-3-11(2)10-15-12-5-4-6-13(9-12)16-8-7-14/h4-6,9,11,15H,3,8,10H2,1-2H3. The molecule has 0 heterocycles. The molecule has 0 amide bonds. The van der Waals surface area contributed by atoms with Crippen LogP contribution in [0.3, 0.4) is 0 Å². The zero-order valence-corrected chi connectivity index (χ0v) is 9.86. The summed E-state index contributed by atoms with van der Waals surface area (Å²) >= 11 is 0. The second kappa shape index (κ2) is 6.73. The van der Waals surface area contributed by atoms with Crippen LogP contribution < -0.4 is 10.1 Å². The Labute approximate surface area is 97.0 Å². The number of hydrogen-bond donors (Lipinski definition) is 1. The summed E-state index contributed by atoms with van der Waals surface area (Å²) in [6.07, 6.45) is 1.16. The molecule has 86 valence electrons. The second-order valence-electron chi connectivity index (χ2n) is 3.87. The third-order valence-electron chi connectivity index (χ3n) is 2.49. The lowest BCUT2D eigenvalue weighted by molar-refractivity contribution is 0.368. The van der Waals surface area contributed by atoms with Crippen LogP contribution in [-0.2, 0) is 0 Å². The minimum atomic E-state index is 0.0921. The highest BCUT2D eigenvalue weighted by Gasteiger charge is 1.99. The maximum Gasteiger partial charge on any atom is 0.174 e. The number of rotatable bonds is 6. The van der Waals surface area contributed by atoms with Crippen LogP contribution in [0.4, 0.5) is 5.69 Å². The van der Waals surface area contributed by atoms with Crippen LogP contribution in [0.15, 0.2) is 24.3 Å². The molecule has 1 unspecified atom stereocenters. The Morgan fingerprint density at radius 1 is 1.50 bits per heavy atom. The zero-order valence-electron chi connectivity index (χ0n) is 9.86. The fourth-order valence-corrected chi connectivity index (χ4v) is 1.25. The van der Waals surface area contributed by atoms with Gasteiger partial charge >= 0.3 is 0 Å². The molecule has 0 aliphatic heterocycles. The van der Waals surface area contributed by atoms with Gasteiger partial charge in [-0.25, -0.2) is 0 Å². The van der Waals surface area contributed by atoms with Gasteiger partial charge in [0.05, 0.1) is 0 Å². The Kier molecular flexibility index (Phi) is 5.21. The molecule has 0 radical (unpaired) electrons. The molecule has 1 aromatic rings. The van der Waals surface area contributed by atoms with Crippen LogP contribution in [0.1, 0.15) is 20.3 Å². The van der Waals surface area contributed by atoms with Gasteiger partial charge in [0.15, 0.2) is 6.61 Å². The first kappa shape index (κ1) is 12.4.